The minimum atomic E-state index is -0.727. The number of rotatable bonds is 7. The Morgan fingerprint density at radius 3 is 2.41 bits per heavy atom. The normalized spacial score (nSPS) is 27.8. The number of nitrogens with zero attached hydrogens (tertiary/aromatic N) is 1. The monoisotopic (exact) mass is 375 g/mol. The van der Waals surface area contributed by atoms with E-state index < -0.39 is 17.2 Å². The molecule has 0 aliphatic heterocycles. The van der Waals surface area contributed by atoms with Crippen molar-refractivity contribution >= 4 is 0 Å². The lowest BCUT2D eigenvalue weighted by atomic mass is 9.65. The van der Waals surface area contributed by atoms with Crippen LogP contribution in [0.3, 0.4) is 0 Å². The Kier molecular flexibility index (Phi) is 7.24. The van der Waals surface area contributed by atoms with E-state index in [4.69, 9.17) is 10.00 Å². The van der Waals surface area contributed by atoms with Gasteiger partial charge in [0.1, 0.15) is 23.3 Å². The molecule has 4 heteroatoms. The van der Waals surface area contributed by atoms with Crippen LogP contribution in [-0.2, 0) is 4.74 Å². The Labute approximate surface area is 161 Å². The summed E-state index contributed by atoms with van der Waals surface area (Å²) in [6.45, 7) is 3.10. The van der Waals surface area contributed by atoms with Gasteiger partial charge in [0, 0.05) is 6.61 Å². The van der Waals surface area contributed by atoms with Gasteiger partial charge in [0.25, 0.3) is 0 Å². The van der Waals surface area contributed by atoms with Gasteiger partial charge in [-0.05, 0) is 80.4 Å². The first kappa shape index (κ1) is 20.3. The number of ether oxygens (including phenoxy) is 1. The van der Waals surface area contributed by atoms with Crippen molar-refractivity contribution < 1.29 is 13.5 Å². The minimum absolute atomic E-state index is 0.203. The predicted molar refractivity (Wildman–Crippen MR) is 102 cm³/mol. The van der Waals surface area contributed by atoms with Crippen LogP contribution in [0.15, 0.2) is 12.1 Å². The Morgan fingerprint density at radius 2 is 1.70 bits per heavy atom. The van der Waals surface area contributed by atoms with Gasteiger partial charge in [0.05, 0.1) is 6.10 Å². The topological polar surface area (TPSA) is 33.0 Å². The maximum atomic E-state index is 14.0. The third kappa shape index (κ3) is 5.08. The zero-order valence-electron chi connectivity index (χ0n) is 16.4. The molecule has 0 spiro atoms. The summed E-state index contributed by atoms with van der Waals surface area (Å²) >= 11 is 0. The fourth-order valence-electron chi connectivity index (χ4n) is 5.01. The van der Waals surface area contributed by atoms with Gasteiger partial charge in [0.2, 0.25) is 0 Å². The van der Waals surface area contributed by atoms with E-state index in [1.165, 1.54) is 31.4 Å². The van der Waals surface area contributed by atoms with E-state index in [9.17, 15) is 8.78 Å². The highest BCUT2D eigenvalue weighted by atomic mass is 19.1. The van der Waals surface area contributed by atoms with Gasteiger partial charge in [-0.1, -0.05) is 26.2 Å². The first-order valence-corrected chi connectivity index (χ1v) is 10.6. The van der Waals surface area contributed by atoms with Gasteiger partial charge in [-0.15, -0.1) is 0 Å². The number of halogens is 2. The van der Waals surface area contributed by atoms with Crippen LogP contribution in [0.4, 0.5) is 8.78 Å². The van der Waals surface area contributed by atoms with Crippen LogP contribution < -0.4 is 0 Å². The summed E-state index contributed by atoms with van der Waals surface area (Å²) in [6, 6.07) is 4.35. The van der Waals surface area contributed by atoms with E-state index in [0.717, 1.165) is 57.1 Å². The second-order valence-corrected chi connectivity index (χ2v) is 8.37. The molecular formula is C23H31F2NO. The average molecular weight is 376 g/mol. The summed E-state index contributed by atoms with van der Waals surface area (Å²) in [6.07, 6.45) is 11.8. The smallest absolute Gasteiger partial charge is 0.144 e. The zero-order chi connectivity index (χ0) is 19.2. The molecule has 148 valence electrons. The third-order valence-electron chi connectivity index (χ3n) is 6.56. The van der Waals surface area contributed by atoms with Crippen LogP contribution in [0.25, 0.3) is 0 Å². The van der Waals surface area contributed by atoms with Gasteiger partial charge in [0.15, 0.2) is 0 Å². The highest BCUT2D eigenvalue weighted by Gasteiger charge is 2.36. The van der Waals surface area contributed by atoms with Crippen molar-refractivity contribution in [1.29, 1.82) is 5.26 Å². The van der Waals surface area contributed by atoms with Crippen LogP contribution in [0, 0.1) is 34.8 Å². The van der Waals surface area contributed by atoms with Crippen molar-refractivity contribution in [2.45, 2.75) is 83.2 Å². The molecule has 0 radical (unpaired) electrons. The van der Waals surface area contributed by atoms with Crippen LogP contribution in [-0.4, -0.2) is 12.7 Å². The lowest BCUT2D eigenvalue weighted by molar-refractivity contribution is -0.0163. The quantitative estimate of drug-likeness (QED) is 0.511. The summed E-state index contributed by atoms with van der Waals surface area (Å²) in [5, 5.41) is 8.84. The number of fused-ring (bicyclic) bond motifs is 1. The first-order valence-electron chi connectivity index (χ1n) is 10.6. The average Bonchev–Trinajstić information content (AvgIpc) is 2.67. The number of hydrogen-bond acceptors (Lipinski definition) is 2. The predicted octanol–water partition coefficient (Wildman–Crippen LogP) is 6.49. The van der Waals surface area contributed by atoms with Gasteiger partial charge < -0.3 is 4.74 Å². The largest absolute Gasteiger partial charge is 0.378 e. The molecule has 0 amide bonds. The van der Waals surface area contributed by atoms with E-state index in [0.29, 0.717) is 17.9 Å². The first-order chi connectivity index (χ1) is 13.1. The minimum Gasteiger partial charge on any atom is -0.378 e. The number of benzene rings is 1. The van der Waals surface area contributed by atoms with E-state index in [1.807, 2.05) is 0 Å². The molecule has 2 nitrogen and oxygen atoms in total. The van der Waals surface area contributed by atoms with Gasteiger partial charge in [-0.2, -0.15) is 5.26 Å². The second kappa shape index (κ2) is 9.64. The van der Waals surface area contributed by atoms with Crippen molar-refractivity contribution in [1.82, 2.24) is 0 Å². The van der Waals surface area contributed by atoms with Crippen LogP contribution in [0.1, 0.15) is 88.2 Å². The summed E-state index contributed by atoms with van der Waals surface area (Å²) in [5.41, 5.74) is 0.251. The SMILES string of the molecule is CCCCCCOC1CCC2CC(c3cc(F)c(C#N)c(F)c3)CCC2C1. The molecule has 4 unspecified atom stereocenters. The van der Waals surface area contributed by atoms with Crippen molar-refractivity contribution in [3.63, 3.8) is 0 Å². The summed E-state index contributed by atoms with van der Waals surface area (Å²) in [4.78, 5) is 0. The zero-order valence-corrected chi connectivity index (χ0v) is 16.4. The molecule has 2 fully saturated rings. The standard InChI is InChI=1S/C23H31F2NO/c1-2-3-4-5-10-27-20-9-8-16-11-17(6-7-18(16)12-20)19-13-22(24)21(15-26)23(25)14-19/h13-14,16-18,20H,2-12H2,1H3. The second-order valence-electron chi connectivity index (χ2n) is 8.37. The molecule has 1 aromatic rings. The lowest BCUT2D eigenvalue weighted by Gasteiger charge is -2.42. The van der Waals surface area contributed by atoms with Gasteiger partial charge in [-0.3, -0.25) is 0 Å². The Balaban J connectivity index is 1.52. The maximum Gasteiger partial charge on any atom is 0.144 e. The van der Waals surface area contributed by atoms with Crippen molar-refractivity contribution in [3.05, 3.63) is 34.9 Å². The molecule has 0 aromatic heterocycles. The fourth-order valence-corrected chi connectivity index (χ4v) is 5.01. The molecule has 4 atom stereocenters. The van der Waals surface area contributed by atoms with Crippen LogP contribution >= 0.6 is 0 Å². The number of hydrogen-bond donors (Lipinski definition) is 0. The van der Waals surface area contributed by atoms with E-state index >= 15 is 0 Å². The van der Waals surface area contributed by atoms with Crippen LogP contribution in [0.5, 0.6) is 0 Å². The molecule has 0 saturated heterocycles. The Hall–Kier alpha value is -1.47. The molecule has 0 bridgehead atoms. The molecule has 0 N–H and O–H groups in total. The highest BCUT2D eigenvalue weighted by Crippen LogP contribution is 2.47. The summed E-state index contributed by atoms with van der Waals surface area (Å²) in [7, 11) is 0. The molecule has 2 saturated carbocycles. The summed E-state index contributed by atoms with van der Waals surface area (Å²) < 4.78 is 34.1. The van der Waals surface area contributed by atoms with Gasteiger partial charge in [-0.25, -0.2) is 8.78 Å². The highest BCUT2D eigenvalue weighted by molar-refractivity contribution is 5.36. The molecule has 0 heterocycles. The van der Waals surface area contributed by atoms with Crippen LogP contribution in [0.2, 0.25) is 0 Å². The molecule has 27 heavy (non-hydrogen) atoms. The van der Waals surface area contributed by atoms with E-state index in [-0.39, 0.29) is 5.92 Å². The van der Waals surface area contributed by atoms with E-state index in [1.54, 1.807) is 6.07 Å². The van der Waals surface area contributed by atoms with Crippen molar-refractivity contribution in [2.24, 2.45) is 11.8 Å². The lowest BCUT2D eigenvalue weighted by Crippen LogP contribution is -2.34. The van der Waals surface area contributed by atoms with E-state index in [2.05, 4.69) is 6.92 Å². The fraction of sp³-hybridized carbons (Fsp3) is 0.696. The van der Waals surface area contributed by atoms with Crippen molar-refractivity contribution in [2.75, 3.05) is 6.61 Å². The number of unbranched alkanes of at least 4 members (excludes halogenated alkanes) is 3. The van der Waals surface area contributed by atoms with Gasteiger partial charge >= 0.3 is 0 Å². The Bertz CT molecular complexity index is 646. The molecule has 1 aromatic carbocycles. The Morgan fingerprint density at radius 1 is 1.00 bits per heavy atom. The molecular weight excluding hydrogens is 344 g/mol. The third-order valence-corrected chi connectivity index (χ3v) is 6.56. The number of nitriles is 1. The molecule has 2 aliphatic carbocycles. The van der Waals surface area contributed by atoms with Crippen molar-refractivity contribution in [3.8, 4) is 6.07 Å². The summed E-state index contributed by atoms with van der Waals surface area (Å²) in [5.74, 6) is 0.0632. The molecule has 3 rings (SSSR count). The molecule has 2 aliphatic rings. The maximum absolute atomic E-state index is 14.0.